The first-order valence-corrected chi connectivity index (χ1v) is 11.2. The molecule has 0 bridgehead atoms. The lowest BCUT2D eigenvalue weighted by molar-refractivity contribution is 0.306. The highest BCUT2D eigenvalue weighted by molar-refractivity contribution is 9.10. The number of aromatic nitrogens is 2. The molecular weight excluding hydrogens is 469 g/mol. The van der Waals surface area contributed by atoms with E-state index < -0.39 is 16.0 Å². The van der Waals surface area contributed by atoms with E-state index in [4.69, 9.17) is 15.5 Å². The lowest BCUT2D eigenvalue weighted by atomic mass is 9.86. The number of rotatable bonds is 7. The Morgan fingerprint density at radius 3 is 2.69 bits per heavy atom. The van der Waals surface area contributed by atoms with Gasteiger partial charge in [-0.2, -0.15) is 13.1 Å². The second kappa shape index (κ2) is 9.15. The Hall–Kier alpha value is -2.09. The molecule has 1 aliphatic carbocycles. The fourth-order valence-corrected chi connectivity index (χ4v) is 4.24. The summed E-state index contributed by atoms with van der Waals surface area (Å²) >= 11 is 3.10. The molecule has 1 saturated carbocycles. The van der Waals surface area contributed by atoms with Crippen LogP contribution < -0.4 is 20.9 Å². The Morgan fingerprint density at radius 1 is 1.31 bits per heavy atom. The van der Waals surface area contributed by atoms with Crippen molar-refractivity contribution in [3.63, 3.8) is 0 Å². The van der Waals surface area contributed by atoms with E-state index in [1.807, 2.05) is 0 Å². The molecule has 6 N–H and O–H groups in total. The highest BCUT2D eigenvalue weighted by Crippen LogP contribution is 2.26. The van der Waals surface area contributed by atoms with E-state index in [9.17, 15) is 12.8 Å². The Morgan fingerprint density at radius 2 is 2.03 bits per heavy atom. The zero-order valence-corrected chi connectivity index (χ0v) is 17.7. The van der Waals surface area contributed by atoms with Crippen LogP contribution >= 0.6 is 15.9 Å². The molecule has 0 amide bonds. The first kappa shape index (κ1) is 21.6. The molecule has 0 unspecified atom stereocenters. The molecule has 2 aromatic rings. The quantitative estimate of drug-likeness (QED) is 0.340. The molecule has 1 fully saturated rings. The number of halogens is 2. The molecule has 0 atom stereocenters. The summed E-state index contributed by atoms with van der Waals surface area (Å²) < 4.78 is 43.1. The van der Waals surface area contributed by atoms with Crippen LogP contribution in [-0.2, 0) is 10.2 Å². The zero-order chi connectivity index (χ0) is 21.0. The van der Waals surface area contributed by atoms with Crippen LogP contribution in [-0.4, -0.2) is 37.2 Å². The highest BCUT2D eigenvalue weighted by Gasteiger charge is 2.24. The van der Waals surface area contributed by atoms with E-state index in [0.29, 0.717) is 36.8 Å². The van der Waals surface area contributed by atoms with Crippen molar-refractivity contribution in [2.45, 2.75) is 31.7 Å². The van der Waals surface area contributed by atoms with Gasteiger partial charge in [0.2, 0.25) is 5.82 Å². The number of hydrogen-bond acceptors (Lipinski definition) is 7. The van der Waals surface area contributed by atoms with Crippen LogP contribution in [0.4, 0.5) is 15.9 Å². The summed E-state index contributed by atoms with van der Waals surface area (Å²) in [5.41, 5.74) is 6.72. The number of hydrogen-bond donors (Lipinski definition) is 4. The smallest absolute Gasteiger partial charge is 0.274 e. The van der Waals surface area contributed by atoms with Gasteiger partial charge in [0.05, 0.1) is 10.2 Å². The topological polar surface area (TPSA) is 162 Å². The molecule has 1 aliphatic rings. The Balaban J connectivity index is 1.58. The van der Waals surface area contributed by atoms with Gasteiger partial charge >= 0.3 is 0 Å². The normalized spacial score (nSPS) is 20.6. The molecule has 158 valence electrons. The Bertz CT molecular complexity index is 990. The highest BCUT2D eigenvalue weighted by atomic mass is 79.9. The van der Waals surface area contributed by atoms with Crippen LogP contribution in [0.15, 0.2) is 32.3 Å². The Labute approximate surface area is 175 Å². The van der Waals surface area contributed by atoms with Crippen molar-refractivity contribution in [2.75, 3.05) is 11.9 Å². The predicted octanol–water partition coefficient (Wildman–Crippen LogP) is 1.77. The van der Waals surface area contributed by atoms with E-state index in [0.717, 1.165) is 12.8 Å². The first-order valence-electron chi connectivity index (χ1n) is 8.87. The third-order valence-electron chi connectivity index (χ3n) is 4.62. The summed E-state index contributed by atoms with van der Waals surface area (Å²) in [6.07, 6.45) is 3.06. The van der Waals surface area contributed by atoms with Crippen molar-refractivity contribution < 1.29 is 17.4 Å². The van der Waals surface area contributed by atoms with Gasteiger partial charge in [-0.15, -0.1) is 0 Å². The van der Waals surface area contributed by atoms with Gasteiger partial charge in [0, 0.05) is 12.6 Å². The third kappa shape index (κ3) is 6.19. The van der Waals surface area contributed by atoms with Crippen molar-refractivity contribution in [2.24, 2.45) is 21.8 Å². The van der Waals surface area contributed by atoms with Crippen LogP contribution in [0.2, 0.25) is 0 Å². The van der Waals surface area contributed by atoms with Gasteiger partial charge < -0.3 is 11.1 Å². The van der Waals surface area contributed by atoms with E-state index >= 15 is 0 Å². The number of benzene rings is 1. The SMILES string of the molecule is NC(=Nc1ccc(F)c(Br)c1)c1nonc1NCC1CCC(NS(N)(=O)=O)CC1. The van der Waals surface area contributed by atoms with Crippen molar-refractivity contribution in [1.29, 1.82) is 0 Å². The van der Waals surface area contributed by atoms with Crippen molar-refractivity contribution in [3.8, 4) is 0 Å². The lowest BCUT2D eigenvalue weighted by Gasteiger charge is -2.28. The number of aliphatic imine (C=N–C) groups is 1. The van der Waals surface area contributed by atoms with Crippen LogP contribution in [0.3, 0.4) is 0 Å². The molecule has 0 spiro atoms. The molecule has 10 nitrogen and oxygen atoms in total. The van der Waals surface area contributed by atoms with E-state index in [1.54, 1.807) is 0 Å². The fourth-order valence-electron chi connectivity index (χ4n) is 3.18. The first-order chi connectivity index (χ1) is 13.7. The van der Waals surface area contributed by atoms with Gasteiger partial charge in [0.25, 0.3) is 10.2 Å². The molecule has 1 aromatic carbocycles. The van der Waals surface area contributed by atoms with E-state index in [1.165, 1.54) is 18.2 Å². The zero-order valence-electron chi connectivity index (χ0n) is 15.3. The van der Waals surface area contributed by atoms with Gasteiger partial charge in [-0.1, -0.05) is 0 Å². The monoisotopic (exact) mass is 489 g/mol. The second-order valence-corrected chi connectivity index (χ2v) is 9.00. The molecular formula is C16H21BrFN7O3S. The average molecular weight is 490 g/mol. The third-order valence-corrected chi connectivity index (χ3v) is 5.89. The maximum atomic E-state index is 13.3. The standard InChI is InChI=1S/C16H21BrFN7O3S/c17-12-7-11(5-6-13(12)18)22-15(19)14-16(24-28-23-14)21-8-9-1-3-10(4-2-9)25-29(20,26)27/h5-7,9-10,25H,1-4,8H2,(H2,19,22)(H,21,24)(H2,20,26,27). The summed E-state index contributed by atoms with van der Waals surface area (Å²) in [5.74, 6) is 0.358. The minimum Gasteiger partial charge on any atom is -0.382 e. The number of nitrogens with two attached hydrogens (primary N) is 2. The number of nitrogens with one attached hydrogen (secondary N) is 2. The van der Waals surface area contributed by atoms with Crippen LogP contribution in [0.25, 0.3) is 0 Å². The minimum absolute atomic E-state index is 0.0771. The van der Waals surface area contributed by atoms with Gasteiger partial charge in [0.1, 0.15) is 5.82 Å². The maximum Gasteiger partial charge on any atom is 0.274 e. The fraction of sp³-hybridized carbons (Fsp3) is 0.438. The molecule has 1 heterocycles. The summed E-state index contributed by atoms with van der Waals surface area (Å²) in [6, 6.07) is 4.12. The van der Waals surface area contributed by atoms with Crippen molar-refractivity contribution in [1.82, 2.24) is 15.0 Å². The molecule has 29 heavy (non-hydrogen) atoms. The minimum atomic E-state index is -3.68. The van der Waals surface area contributed by atoms with Crippen molar-refractivity contribution >= 4 is 43.5 Å². The molecule has 0 radical (unpaired) electrons. The van der Waals surface area contributed by atoms with Gasteiger partial charge in [0.15, 0.2) is 11.5 Å². The van der Waals surface area contributed by atoms with Gasteiger partial charge in [-0.25, -0.2) is 19.2 Å². The maximum absolute atomic E-state index is 13.3. The number of anilines is 1. The second-order valence-electron chi connectivity index (χ2n) is 6.82. The Kier molecular flexibility index (Phi) is 6.82. The van der Waals surface area contributed by atoms with Crippen molar-refractivity contribution in [3.05, 3.63) is 34.2 Å². The predicted molar refractivity (Wildman–Crippen MR) is 109 cm³/mol. The molecule has 13 heteroatoms. The number of nitrogens with zero attached hydrogens (tertiary/aromatic N) is 3. The largest absolute Gasteiger partial charge is 0.382 e. The molecule has 3 rings (SSSR count). The molecule has 0 aliphatic heterocycles. The molecule has 1 aromatic heterocycles. The van der Waals surface area contributed by atoms with Crippen LogP contribution in [0, 0.1) is 11.7 Å². The van der Waals surface area contributed by atoms with Gasteiger partial charge in [-0.3, -0.25) is 0 Å². The van der Waals surface area contributed by atoms with Crippen LogP contribution in [0.5, 0.6) is 0 Å². The average Bonchev–Trinajstić information content (AvgIpc) is 3.12. The summed E-state index contributed by atoms with van der Waals surface area (Å²) in [4.78, 5) is 4.22. The summed E-state index contributed by atoms with van der Waals surface area (Å²) in [7, 11) is -3.68. The summed E-state index contributed by atoms with van der Waals surface area (Å²) in [5, 5.41) is 15.8. The number of amidine groups is 1. The van der Waals surface area contributed by atoms with Crippen LogP contribution in [0.1, 0.15) is 31.4 Å². The van der Waals surface area contributed by atoms with E-state index in [-0.39, 0.29) is 22.0 Å². The van der Waals surface area contributed by atoms with Gasteiger partial charge in [-0.05, 0) is 76.0 Å². The summed E-state index contributed by atoms with van der Waals surface area (Å²) in [6.45, 7) is 0.596. The van der Waals surface area contributed by atoms with E-state index in [2.05, 4.69) is 41.3 Å². The lowest BCUT2D eigenvalue weighted by Crippen LogP contribution is -2.41. The molecule has 0 saturated heterocycles.